The lowest BCUT2D eigenvalue weighted by Crippen LogP contribution is -2.50. The van der Waals surface area contributed by atoms with Gasteiger partial charge in [-0.15, -0.1) is 0 Å². The highest BCUT2D eigenvalue weighted by atomic mass is 16.4. The first-order chi connectivity index (χ1) is 10.3. The van der Waals surface area contributed by atoms with Crippen LogP contribution in [0.3, 0.4) is 0 Å². The maximum atomic E-state index is 11.8. The summed E-state index contributed by atoms with van der Waals surface area (Å²) in [6, 6.07) is -1.07. The van der Waals surface area contributed by atoms with E-state index in [1.165, 1.54) is 0 Å². The number of rotatable bonds is 10. The van der Waals surface area contributed by atoms with Crippen molar-refractivity contribution in [3.05, 3.63) is 0 Å². The number of nitrogens with two attached hydrogens (primary N) is 2. The topological polar surface area (TPSA) is 194 Å². The minimum Gasteiger partial charge on any atom is -0.480 e. The molecule has 0 aromatic carbocycles. The second-order valence-electron chi connectivity index (χ2n) is 4.22. The fraction of sp³-hybridized carbons (Fsp3) is 0.545. The molecule has 22 heavy (non-hydrogen) atoms. The number of carboxylic acid groups (broad SMARTS) is 1. The van der Waals surface area contributed by atoms with E-state index in [0.717, 1.165) is 0 Å². The fourth-order valence-corrected chi connectivity index (χ4v) is 1.34. The van der Waals surface area contributed by atoms with Gasteiger partial charge < -0.3 is 32.5 Å². The molecule has 0 saturated heterocycles. The molecule has 0 aromatic heterocycles. The van der Waals surface area contributed by atoms with E-state index in [1.54, 1.807) is 0 Å². The molecular formula is C11H19N5O6. The Balaban J connectivity index is 4.41. The third-order valence-electron chi connectivity index (χ3n) is 2.38. The lowest BCUT2D eigenvalue weighted by atomic mass is 10.1. The molecule has 0 aliphatic rings. The smallest absolute Gasteiger partial charge is 0.322 e. The Kier molecular flexibility index (Phi) is 8.86. The van der Waals surface area contributed by atoms with Crippen molar-refractivity contribution in [1.29, 1.82) is 0 Å². The molecule has 4 amide bonds. The third-order valence-corrected chi connectivity index (χ3v) is 2.38. The van der Waals surface area contributed by atoms with E-state index >= 15 is 0 Å². The summed E-state index contributed by atoms with van der Waals surface area (Å²) in [7, 11) is 0. The molecule has 0 fully saturated rings. The van der Waals surface area contributed by atoms with Crippen LogP contribution in [-0.4, -0.2) is 60.4 Å². The maximum Gasteiger partial charge on any atom is 0.322 e. The van der Waals surface area contributed by atoms with E-state index in [9.17, 15) is 24.0 Å². The van der Waals surface area contributed by atoms with Crippen molar-refractivity contribution in [3.8, 4) is 0 Å². The van der Waals surface area contributed by atoms with Gasteiger partial charge >= 0.3 is 5.97 Å². The van der Waals surface area contributed by atoms with Gasteiger partial charge in [0.2, 0.25) is 23.6 Å². The molecule has 1 unspecified atom stereocenters. The Morgan fingerprint density at radius 3 is 2.14 bits per heavy atom. The number of hydrogen-bond donors (Lipinski definition) is 6. The van der Waals surface area contributed by atoms with Crippen molar-refractivity contribution in [3.63, 3.8) is 0 Å². The summed E-state index contributed by atoms with van der Waals surface area (Å²) >= 11 is 0. The van der Waals surface area contributed by atoms with Crippen LogP contribution in [0.1, 0.15) is 12.8 Å². The number of carbonyl (C=O) groups excluding carboxylic acids is 4. The number of aliphatic carboxylic acids is 1. The van der Waals surface area contributed by atoms with Crippen LogP contribution in [0.4, 0.5) is 0 Å². The van der Waals surface area contributed by atoms with Gasteiger partial charge in [-0.2, -0.15) is 0 Å². The Labute approximate surface area is 125 Å². The van der Waals surface area contributed by atoms with Crippen molar-refractivity contribution in [2.24, 2.45) is 11.5 Å². The van der Waals surface area contributed by atoms with Gasteiger partial charge in [0.05, 0.1) is 13.1 Å². The van der Waals surface area contributed by atoms with Gasteiger partial charge in [-0.3, -0.25) is 24.0 Å². The summed E-state index contributed by atoms with van der Waals surface area (Å²) < 4.78 is 0. The Morgan fingerprint density at radius 2 is 1.64 bits per heavy atom. The molecule has 0 spiro atoms. The van der Waals surface area contributed by atoms with Crippen LogP contribution < -0.4 is 27.4 Å². The van der Waals surface area contributed by atoms with E-state index in [4.69, 9.17) is 16.6 Å². The Bertz CT molecular complexity index is 452. The summed E-state index contributed by atoms with van der Waals surface area (Å²) in [5.74, 6) is -3.92. The van der Waals surface area contributed by atoms with Crippen LogP contribution in [0.5, 0.6) is 0 Å². The summed E-state index contributed by atoms with van der Waals surface area (Å²) in [4.78, 5) is 55.3. The second-order valence-corrected chi connectivity index (χ2v) is 4.22. The van der Waals surface area contributed by atoms with Gasteiger partial charge in [0.1, 0.15) is 12.6 Å². The average Bonchev–Trinajstić information content (AvgIpc) is 2.46. The molecule has 124 valence electrons. The van der Waals surface area contributed by atoms with Gasteiger partial charge in [-0.25, -0.2) is 0 Å². The van der Waals surface area contributed by atoms with E-state index in [0.29, 0.717) is 0 Å². The number of hydrogen-bond acceptors (Lipinski definition) is 6. The molecular weight excluding hydrogens is 298 g/mol. The highest BCUT2D eigenvalue weighted by Crippen LogP contribution is 1.97. The number of primary amides is 1. The molecule has 0 aliphatic carbocycles. The van der Waals surface area contributed by atoms with Crippen molar-refractivity contribution in [2.45, 2.75) is 18.9 Å². The molecule has 11 heteroatoms. The first-order valence-electron chi connectivity index (χ1n) is 6.30. The molecule has 0 aromatic rings. The largest absolute Gasteiger partial charge is 0.480 e. The lowest BCUT2D eigenvalue weighted by molar-refractivity contribution is -0.138. The molecule has 0 aliphatic heterocycles. The zero-order valence-corrected chi connectivity index (χ0v) is 11.8. The second kappa shape index (κ2) is 10.1. The van der Waals surface area contributed by atoms with Gasteiger partial charge in [0, 0.05) is 6.42 Å². The zero-order valence-electron chi connectivity index (χ0n) is 11.8. The number of carbonyl (C=O) groups is 5. The predicted octanol–water partition coefficient (Wildman–Crippen LogP) is -3.99. The maximum absolute atomic E-state index is 11.8. The van der Waals surface area contributed by atoms with Crippen LogP contribution in [-0.2, 0) is 24.0 Å². The van der Waals surface area contributed by atoms with Crippen LogP contribution in [0.25, 0.3) is 0 Å². The molecule has 11 nitrogen and oxygen atoms in total. The SMILES string of the molecule is NCC(=O)NC(CCC(N)=O)C(=O)NCC(=O)NCC(=O)O. The molecule has 0 rings (SSSR count). The Morgan fingerprint density at radius 1 is 1.00 bits per heavy atom. The molecule has 0 radical (unpaired) electrons. The summed E-state index contributed by atoms with van der Waals surface area (Å²) in [6.07, 6.45) is -0.197. The highest BCUT2D eigenvalue weighted by Gasteiger charge is 2.21. The third kappa shape index (κ3) is 9.25. The first-order valence-corrected chi connectivity index (χ1v) is 6.30. The number of nitrogens with one attached hydrogen (secondary N) is 3. The van der Waals surface area contributed by atoms with Crippen LogP contribution >= 0.6 is 0 Å². The molecule has 8 N–H and O–H groups in total. The predicted molar refractivity (Wildman–Crippen MR) is 73.1 cm³/mol. The summed E-state index contributed by atoms with van der Waals surface area (Å²) in [6.45, 7) is -1.40. The average molecular weight is 317 g/mol. The van der Waals surface area contributed by atoms with Gasteiger partial charge in [0.25, 0.3) is 0 Å². The van der Waals surface area contributed by atoms with Crippen LogP contribution in [0, 0.1) is 0 Å². The summed E-state index contributed by atoms with van der Waals surface area (Å²) in [5, 5.41) is 14.9. The minimum absolute atomic E-state index is 0.0519. The fourth-order valence-electron chi connectivity index (χ4n) is 1.34. The van der Waals surface area contributed by atoms with Gasteiger partial charge in [-0.05, 0) is 6.42 Å². The highest BCUT2D eigenvalue weighted by molar-refractivity contribution is 5.91. The normalized spacial score (nSPS) is 11.1. The molecule has 0 bridgehead atoms. The van der Waals surface area contributed by atoms with E-state index < -0.39 is 48.7 Å². The van der Waals surface area contributed by atoms with Crippen molar-refractivity contribution in [1.82, 2.24) is 16.0 Å². The van der Waals surface area contributed by atoms with E-state index in [1.807, 2.05) is 5.32 Å². The lowest BCUT2D eigenvalue weighted by Gasteiger charge is -2.17. The van der Waals surface area contributed by atoms with Crippen molar-refractivity contribution >= 4 is 29.6 Å². The van der Waals surface area contributed by atoms with Gasteiger partial charge in [0.15, 0.2) is 0 Å². The number of amides is 4. The van der Waals surface area contributed by atoms with Crippen molar-refractivity contribution in [2.75, 3.05) is 19.6 Å². The minimum atomic E-state index is -1.23. The van der Waals surface area contributed by atoms with Crippen LogP contribution in [0.2, 0.25) is 0 Å². The molecule has 0 heterocycles. The van der Waals surface area contributed by atoms with Gasteiger partial charge in [-0.1, -0.05) is 0 Å². The van der Waals surface area contributed by atoms with E-state index in [-0.39, 0.29) is 19.4 Å². The summed E-state index contributed by atoms with van der Waals surface area (Å²) in [5.41, 5.74) is 10.1. The Hall–Kier alpha value is -2.69. The van der Waals surface area contributed by atoms with E-state index in [2.05, 4.69) is 10.6 Å². The molecule has 1 atom stereocenters. The van der Waals surface area contributed by atoms with Crippen LogP contribution in [0.15, 0.2) is 0 Å². The quantitative estimate of drug-likeness (QED) is 0.236. The zero-order chi connectivity index (χ0) is 17.1. The monoisotopic (exact) mass is 317 g/mol. The first kappa shape index (κ1) is 19.3. The van der Waals surface area contributed by atoms with Crippen molar-refractivity contribution < 1.29 is 29.1 Å². The molecule has 0 saturated carbocycles. The standard InChI is InChI=1S/C11H19N5O6/c12-3-8(18)16-6(1-2-7(13)17)11(22)15-4-9(19)14-5-10(20)21/h6H,1-5,12H2,(H2,13,17)(H,14,19)(H,15,22)(H,16,18)(H,20,21). The number of carboxylic acids is 1.